The summed E-state index contributed by atoms with van der Waals surface area (Å²) in [5, 5.41) is 2.31. The Kier molecular flexibility index (Phi) is 8.02. The van der Waals surface area contributed by atoms with Crippen LogP contribution in [-0.4, -0.2) is 82.8 Å². The molecule has 46 heavy (non-hydrogen) atoms. The highest BCUT2D eigenvalue weighted by Crippen LogP contribution is 2.43. The van der Waals surface area contributed by atoms with E-state index in [2.05, 4.69) is 11.5 Å². The van der Waals surface area contributed by atoms with E-state index in [0.29, 0.717) is 57.8 Å². The molecule has 240 valence electrons. The van der Waals surface area contributed by atoms with Crippen molar-refractivity contribution in [1.29, 1.82) is 0 Å². The van der Waals surface area contributed by atoms with Crippen LogP contribution in [0.5, 0.6) is 6.01 Å². The van der Waals surface area contributed by atoms with Crippen molar-refractivity contribution < 1.29 is 22.7 Å². The number of hydrogen-bond acceptors (Lipinski definition) is 6. The number of aromatic nitrogens is 2. The third-order valence-electron chi connectivity index (χ3n) is 9.62. The molecule has 0 N–H and O–H groups in total. The minimum absolute atomic E-state index is 0.00280. The molecule has 3 aromatic carbocycles. The topological polar surface area (TPSA) is 61.8 Å². The summed E-state index contributed by atoms with van der Waals surface area (Å²) in [6.45, 7) is 7.43. The number of amides is 1. The maximum Gasteiger partial charge on any atom is 0.319 e. The van der Waals surface area contributed by atoms with E-state index >= 15 is 0 Å². The molecule has 4 heterocycles. The molecule has 7 rings (SSSR count). The molecular formula is C34H32Cl2F3N5O2. The summed E-state index contributed by atoms with van der Waals surface area (Å²) in [6.07, 6.45) is 1.30. The number of piperazine rings is 1. The maximum absolute atomic E-state index is 14.6. The number of carbonyl (C=O) groups excluding carboxylic acids is 1. The van der Waals surface area contributed by atoms with E-state index in [1.54, 1.807) is 12.1 Å². The van der Waals surface area contributed by atoms with Crippen LogP contribution in [0.15, 0.2) is 54.9 Å². The maximum atomic E-state index is 14.6. The number of anilines is 1. The fourth-order valence-electron chi connectivity index (χ4n) is 7.41. The summed E-state index contributed by atoms with van der Waals surface area (Å²) in [5.74, 6) is -1.72. The molecule has 0 unspecified atom stereocenters. The molecular weight excluding hydrogens is 638 g/mol. The van der Waals surface area contributed by atoms with Gasteiger partial charge in [0.25, 0.3) is 5.91 Å². The molecule has 1 amide bonds. The van der Waals surface area contributed by atoms with Gasteiger partial charge in [-0.25, -0.2) is 13.2 Å². The number of ether oxygens (including phenoxy) is 1. The molecule has 0 spiro atoms. The van der Waals surface area contributed by atoms with E-state index < -0.39 is 29.3 Å². The average molecular weight is 671 g/mol. The smallest absolute Gasteiger partial charge is 0.319 e. The first-order valence-corrected chi connectivity index (χ1v) is 16.1. The Morgan fingerprint density at radius 2 is 1.93 bits per heavy atom. The van der Waals surface area contributed by atoms with Crippen LogP contribution in [0.2, 0.25) is 10.0 Å². The molecule has 0 bridgehead atoms. The number of hydrogen-bond donors (Lipinski definition) is 0. The van der Waals surface area contributed by atoms with E-state index in [9.17, 15) is 18.0 Å². The molecule has 3 fully saturated rings. The zero-order valence-electron chi connectivity index (χ0n) is 25.2. The molecule has 3 saturated heterocycles. The standard InChI is InChI=1S/C34H32Cl2F3N5O2/c1-19-16-42(32(45)20(2)37)11-12-44(19)31-25-13-26(35)24(23-6-3-5-21-7-8-27(39)30(36)29(21)23)14-28(25)40-33(41-31)46-18-34-9-4-10-43(34)17-22(38)15-34/h3,5-8,13-14,19,22H,2,4,9-12,15-18H2,1H3/t19-,22+,34-/m0/s1. The predicted octanol–water partition coefficient (Wildman–Crippen LogP) is 7.37. The van der Waals surface area contributed by atoms with E-state index in [4.69, 9.17) is 37.9 Å². The first-order valence-electron chi connectivity index (χ1n) is 15.4. The van der Waals surface area contributed by atoms with Crippen LogP contribution in [0.25, 0.3) is 32.8 Å². The van der Waals surface area contributed by atoms with Crippen molar-refractivity contribution in [2.24, 2.45) is 0 Å². The van der Waals surface area contributed by atoms with Crippen molar-refractivity contribution in [3.63, 3.8) is 0 Å². The van der Waals surface area contributed by atoms with Crippen molar-refractivity contribution in [2.45, 2.75) is 43.9 Å². The van der Waals surface area contributed by atoms with Gasteiger partial charge in [-0.1, -0.05) is 54.0 Å². The summed E-state index contributed by atoms with van der Waals surface area (Å²) in [4.78, 5) is 27.6. The monoisotopic (exact) mass is 669 g/mol. The number of rotatable bonds is 6. The van der Waals surface area contributed by atoms with Crippen molar-refractivity contribution in [3.8, 4) is 17.1 Å². The molecule has 3 aliphatic rings. The van der Waals surface area contributed by atoms with Gasteiger partial charge in [-0.2, -0.15) is 9.97 Å². The van der Waals surface area contributed by atoms with Gasteiger partial charge in [-0.05, 0) is 55.5 Å². The number of halogens is 5. The number of benzene rings is 3. The van der Waals surface area contributed by atoms with E-state index in [1.165, 1.54) is 11.0 Å². The quantitative estimate of drug-likeness (QED) is 0.200. The van der Waals surface area contributed by atoms with Crippen molar-refractivity contribution in [3.05, 3.63) is 70.7 Å². The number of fused-ring (bicyclic) bond motifs is 3. The van der Waals surface area contributed by atoms with Gasteiger partial charge < -0.3 is 14.5 Å². The first-order chi connectivity index (χ1) is 22.0. The Hall–Kier alpha value is -3.60. The van der Waals surface area contributed by atoms with Crippen LogP contribution >= 0.6 is 23.2 Å². The lowest BCUT2D eigenvalue weighted by molar-refractivity contribution is -0.129. The summed E-state index contributed by atoms with van der Waals surface area (Å²) in [7, 11) is 0. The van der Waals surface area contributed by atoms with Crippen LogP contribution in [-0.2, 0) is 4.79 Å². The van der Waals surface area contributed by atoms with Crippen LogP contribution < -0.4 is 9.64 Å². The molecule has 0 aliphatic carbocycles. The van der Waals surface area contributed by atoms with Gasteiger partial charge in [-0.15, -0.1) is 0 Å². The Morgan fingerprint density at radius 1 is 1.11 bits per heavy atom. The van der Waals surface area contributed by atoms with Gasteiger partial charge in [0.15, 0.2) is 5.83 Å². The highest BCUT2D eigenvalue weighted by Gasteiger charge is 2.49. The Labute approximate surface area is 274 Å². The van der Waals surface area contributed by atoms with Crippen molar-refractivity contribution in [2.75, 3.05) is 44.2 Å². The zero-order chi connectivity index (χ0) is 32.3. The second-order valence-corrected chi connectivity index (χ2v) is 13.3. The Bertz CT molecular complexity index is 1890. The van der Waals surface area contributed by atoms with Crippen molar-refractivity contribution in [1.82, 2.24) is 19.8 Å². The fraction of sp³-hybridized carbons (Fsp3) is 0.382. The number of alkyl halides is 1. The minimum atomic E-state index is -1.00. The van der Waals surface area contributed by atoms with Crippen molar-refractivity contribution >= 4 is 56.6 Å². The molecule has 0 saturated carbocycles. The van der Waals surface area contributed by atoms with Gasteiger partial charge in [-0.3, -0.25) is 9.69 Å². The van der Waals surface area contributed by atoms with E-state index in [1.807, 2.05) is 36.1 Å². The van der Waals surface area contributed by atoms with E-state index in [-0.39, 0.29) is 36.8 Å². The van der Waals surface area contributed by atoms with Gasteiger partial charge >= 0.3 is 6.01 Å². The predicted molar refractivity (Wildman–Crippen MR) is 175 cm³/mol. The van der Waals surface area contributed by atoms with Gasteiger partial charge in [0.05, 0.1) is 16.1 Å². The molecule has 3 aliphatic heterocycles. The highest BCUT2D eigenvalue weighted by atomic mass is 35.5. The summed E-state index contributed by atoms with van der Waals surface area (Å²) < 4.78 is 49.1. The largest absolute Gasteiger partial charge is 0.461 e. The SMILES string of the molecule is C=C(F)C(=O)N1CCN(c2nc(OC[C@@]34CCCN3C[C@H](F)C4)nc3cc(-c4cccc5ccc(F)c(Cl)c45)c(Cl)cc23)[C@@H](C)C1. The second kappa shape index (κ2) is 11.9. The third kappa shape index (κ3) is 5.34. The minimum Gasteiger partial charge on any atom is -0.461 e. The van der Waals surface area contributed by atoms with Crippen LogP contribution in [0.3, 0.4) is 0 Å². The zero-order valence-corrected chi connectivity index (χ0v) is 26.7. The molecule has 0 radical (unpaired) electrons. The lowest BCUT2D eigenvalue weighted by atomic mass is 9.95. The molecule has 12 heteroatoms. The summed E-state index contributed by atoms with van der Waals surface area (Å²) in [6, 6.07) is 12.0. The second-order valence-electron chi connectivity index (χ2n) is 12.5. The van der Waals surface area contributed by atoms with Gasteiger partial charge in [0.1, 0.15) is 24.4 Å². The molecule has 4 aromatic rings. The van der Waals surface area contributed by atoms with Crippen LogP contribution in [0, 0.1) is 5.82 Å². The molecule has 7 nitrogen and oxygen atoms in total. The Morgan fingerprint density at radius 3 is 2.72 bits per heavy atom. The van der Waals surface area contributed by atoms with Crippen LogP contribution in [0.1, 0.15) is 26.2 Å². The van der Waals surface area contributed by atoms with Crippen LogP contribution in [0.4, 0.5) is 19.0 Å². The summed E-state index contributed by atoms with van der Waals surface area (Å²) >= 11 is 13.4. The lowest BCUT2D eigenvalue weighted by Gasteiger charge is -2.40. The van der Waals surface area contributed by atoms with Gasteiger partial charge in [0, 0.05) is 60.0 Å². The third-order valence-corrected chi connectivity index (χ3v) is 10.3. The summed E-state index contributed by atoms with van der Waals surface area (Å²) in [5.41, 5.74) is 1.37. The molecule has 3 atom stereocenters. The fourth-order valence-corrected chi connectivity index (χ4v) is 7.95. The van der Waals surface area contributed by atoms with E-state index in [0.717, 1.165) is 24.8 Å². The lowest BCUT2D eigenvalue weighted by Crippen LogP contribution is -2.54. The number of nitrogens with zero attached hydrogens (tertiary/aromatic N) is 5. The number of carbonyl (C=O) groups is 1. The highest BCUT2D eigenvalue weighted by molar-refractivity contribution is 6.38. The normalized spacial score (nSPS) is 23.3. The first kappa shape index (κ1) is 31.0. The van der Waals surface area contributed by atoms with Gasteiger partial charge in [0.2, 0.25) is 0 Å². The average Bonchev–Trinajstić information content (AvgIpc) is 3.56. The molecule has 1 aromatic heterocycles. The Balaban J connectivity index is 1.33.